The van der Waals surface area contributed by atoms with E-state index in [2.05, 4.69) is 4.90 Å². The summed E-state index contributed by atoms with van der Waals surface area (Å²) in [6.07, 6.45) is -2.36. The van der Waals surface area contributed by atoms with Gasteiger partial charge in [-0.15, -0.1) is 0 Å². The van der Waals surface area contributed by atoms with Gasteiger partial charge in [-0.2, -0.15) is 13.2 Å². The van der Waals surface area contributed by atoms with Gasteiger partial charge in [0.1, 0.15) is 0 Å². The Balaban J connectivity index is 1.80. The van der Waals surface area contributed by atoms with Crippen LogP contribution in [0.15, 0.2) is 12.1 Å². The minimum Gasteiger partial charge on any atom is -0.332 e. The van der Waals surface area contributed by atoms with Crippen molar-refractivity contribution >= 4 is 5.91 Å². The fourth-order valence-electron chi connectivity index (χ4n) is 4.68. The standard InChI is InChI=1S/C19H23F3N2O/c1-11(2)24-10-16-14(18(24)25)7-13(8-17(16)19(20,21)22)15-9-23-5-3-12(15)4-6-23/h7-8,11-12,15H,3-6,9-10H2,1-2H3. The van der Waals surface area contributed by atoms with Crippen LogP contribution >= 0.6 is 0 Å². The molecular formula is C19H23F3N2O. The highest BCUT2D eigenvalue weighted by atomic mass is 19.4. The van der Waals surface area contributed by atoms with Gasteiger partial charge in [-0.05, 0) is 74.9 Å². The van der Waals surface area contributed by atoms with Crippen LogP contribution in [0, 0.1) is 5.92 Å². The van der Waals surface area contributed by atoms with E-state index in [0.717, 1.165) is 32.5 Å². The summed E-state index contributed by atoms with van der Waals surface area (Å²) in [5, 5.41) is 0. The Hall–Kier alpha value is -1.56. The minimum absolute atomic E-state index is 0.0567. The van der Waals surface area contributed by atoms with E-state index in [9.17, 15) is 18.0 Å². The Morgan fingerprint density at radius 2 is 1.84 bits per heavy atom. The summed E-state index contributed by atoms with van der Waals surface area (Å²) in [6, 6.07) is 2.96. The molecule has 0 radical (unpaired) electrons. The lowest BCUT2D eigenvalue weighted by molar-refractivity contribution is -0.138. The number of rotatable bonds is 2. The van der Waals surface area contributed by atoms with Gasteiger partial charge in [-0.3, -0.25) is 4.79 Å². The first-order chi connectivity index (χ1) is 11.8. The highest BCUT2D eigenvalue weighted by molar-refractivity contribution is 5.99. The van der Waals surface area contributed by atoms with Crippen molar-refractivity contribution in [1.29, 1.82) is 0 Å². The van der Waals surface area contributed by atoms with Crippen molar-refractivity contribution in [2.45, 2.75) is 51.4 Å². The third-order valence-corrected chi connectivity index (χ3v) is 6.11. The Morgan fingerprint density at radius 3 is 2.36 bits per heavy atom. The third-order valence-electron chi connectivity index (χ3n) is 6.11. The molecule has 0 aliphatic carbocycles. The lowest BCUT2D eigenvalue weighted by Gasteiger charge is -2.45. The second-order valence-electron chi connectivity index (χ2n) is 7.86. The van der Waals surface area contributed by atoms with E-state index in [1.807, 2.05) is 13.8 Å². The Morgan fingerprint density at radius 1 is 1.16 bits per heavy atom. The SMILES string of the molecule is CC(C)N1Cc2c(cc(C3CN4CCC3CC4)cc2C(F)(F)F)C1=O. The van der Waals surface area contributed by atoms with E-state index in [1.165, 1.54) is 11.0 Å². The molecule has 1 aromatic carbocycles. The van der Waals surface area contributed by atoms with Crippen LogP contribution in [0.4, 0.5) is 13.2 Å². The molecule has 4 heterocycles. The average molecular weight is 352 g/mol. The van der Waals surface area contributed by atoms with E-state index < -0.39 is 11.7 Å². The number of nitrogens with zero attached hydrogens (tertiary/aromatic N) is 2. The summed E-state index contributed by atoms with van der Waals surface area (Å²) in [4.78, 5) is 16.5. The molecule has 1 atom stereocenters. The maximum atomic E-state index is 13.7. The minimum atomic E-state index is -4.43. The van der Waals surface area contributed by atoms with Crippen molar-refractivity contribution in [2.24, 2.45) is 5.92 Å². The summed E-state index contributed by atoms with van der Waals surface area (Å²) in [5.74, 6) is 0.273. The molecule has 1 aromatic rings. The number of carbonyl (C=O) groups excluding carboxylic acids is 1. The monoisotopic (exact) mass is 352 g/mol. The molecule has 4 aliphatic rings. The molecule has 136 valence electrons. The molecule has 3 fully saturated rings. The number of benzene rings is 1. The predicted molar refractivity (Wildman–Crippen MR) is 88.4 cm³/mol. The molecule has 4 aliphatic heterocycles. The van der Waals surface area contributed by atoms with Gasteiger partial charge in [0, 0.05) is 24.7 Å². The van der Waals surface area contributed by atoms with Gasteiger partial charge in [0.15, 0.2) is 0 Å². The van der Waals surface area contributed by atoms with Crippen molar-refractivity contribution in [3.05, 3.63) is 34.4 Å². The van der Waals surface area contributed by atoms with Crippen LogP contribution in [0.1, 0.15) is 59.7 Å². The summed E-state index contributed by atoms with van der Waals surface area (Å²) in [7, 11) is 0. The highest BCUT2D eigenvalue weighted by Crippen LogP contribution is 2.44. The van der Waals surface area contributed by atoms with Gasteiger partial charge >= 0.3 is 6.18 Å². The smallest absolute Gasteiger partial charge is 0.332 e. The number of carbonyl (C=O) groups is 1. The van der Waals surface area contributed by atoms with E-state index in [4.69, 9.17) is 0 Å². The fraction of sp³-hybridized carbons (Fsp3) is 0.632. The molecule has 1 unspecified atom stereocenters. The maximum Gasteiger partial charge on any atom is 0.416 e. The van der Waals surface area contributed by atoms with Crippen LogP contribution in [0.2, 0.25) is 0 Å². The summed E-state index contributed by atoms with van der Waals surface area (Å²) in [5.41, 5.74) is 0.485. The zero-order chi connectivity index (χ0) is 17.9. The van der Waals surface area contributed by atoms with Gasteiger partial charge in [0.05, 0.1) is 5.56 Å². The lowest BCUT2D eigenvalue weighted by atomic mass is 9.74. The van der Waals surface area contributed by atoms with Crippen LogP contribution in [0.25, 0.3) is 0 Å². The molecule has 2 bridgehead atoms. The Kier molecular flexibility index (Phi) is 3.87. The van der Waals surface area contributed by atoms with Gasteiger partial charge in [0.25, 0.3) is 5.91 Å². The number of hydrogen-bond acceptors (Lipinski definition) is 2. The molecule has 5 rings (SSSR count). The number of piperidine rings is 3. The predicted octanol–water partition coefficient (Wildman–Crippen LogP) is 3.88. The molecule has 25 heavy (non-hydrogen) atoms. The highest BCUT2D eigenvalue weighted by Gasteiger charge is 2.42. The summed E-state index contributed by atoms with van der Waals surface area (Å²) in [6.45, 7) is 6.62. The van der Waals surface area contributed by atoms with E-state index in [1.54, 1.807) is 6.07 Å². The van der Waals surface area contributed by atoms with Gasteiger partial charge in [0.2, 0.25) is 0 Å². The molecule has 6 heteroatoms. The van der Waals surface area contributed by atoms with Crippen LogP contribution in [0.3, 0.4) is 0 Å². The number of fused-ring (bicyclic) bond motifs is 4. The maximum absolute atomic E-state index is 13.7. The van der Waals surface area contributed by atoms with Crippen molar-refractivity contribution in [3.8, 4) is 0 Å². The topological polar surface area (TPSA) is 23.6 Å². The summed E-state index contributed by atoms with van der Waals surface area (Å²) < 4.78 is 41.1. The zero-order valence-corrected chi connectivity index (χ0v) is 14.6. The molecule has 0 spiro atoms. The molecule has 3 saturated heterocycles. The fourth-order valence-corrected chi connectivity index (χ4v) is 4.68. The first-order valence-electron chi connectivity index (χ1n) is 9.03. The average Bonchev–Trinajstić information content (AvgIpc) is 2.91. The number of hydrogen-bond donors (Lipinski definition) is 0. The largest absolute Gasteiger partial charge is 0.416 e. The van der Waals surface area contributed by atoms with Gasteiger partial charge < -0.3 is 9.80 Å². The molecule has 0 N–H and O–H groups in total. The molecule has 1 amide bonds. The van der Waals surface area contributed by atoms with Crippen LogP contribution in [-0.4, -0.2) is 41.4 Å². The Labute approximate surface area is 145 Å². The number of halogens is 3. The van der Waals surface area contributed by atoms with Gasteiger partial charge in [-0.1, -0.05) is 0 Å². The lowest BCUT2D eigenvalue weighted by Crippen LogP contribution is -2.46. The summed E-state index contributed by atoms with van der Waals surface area (Å²) >= 11 is 0. The normalized spacial score (nSPS) is 28.8. The first kappa shape index (κ1) is 16.9. The number of alkyl halides is 3. The number of amides is 1. The van der Waals surface area contributed by atoms with E-state index in [0.29, 0.717) is 11.5 Å². The van der Waals surface area contributed by atoms with Crippen LogP contribution in [0.5, 0.6) is 0 Å². The molecule has 3 nitrogen and oxygen atoms in total. The first-order valence-corrected chi connectivity index (χ1v) is 9.03. The van der Waals surface area contributed by atoms with Crippen LogP contribution in [-0.2, 0) is 12.7 Å². The second-order valence-corrected chi connectivity index (χ2v) is 7.86. The third kappa shape index (κ3) is 2.75. The quantitative estimate of drug-likeness (QED) is 0.806. The second kappa shape index (κ2) is 5.73. The van der Waals surface area contributed by atoms with E-state index in [-0.39, 0.29) is 35.5 Å². The molecular weight excluding hydrogens is 329 g/mol. The van der Waals surface area contributed by atoms with Crippen LogP contribution < -0.4 is 0 Å². The van der Waals surface area contributed by atoms with E-state index >= 15 is 0 Å². The van der Waals surface area contributed by atoms with Crippen molar-refractivity contribution in [3.63, 3.8) is 0 Å². The van der Waals surface area contributed by atoms with Crippen molar-refractivity contribution < 1.29 is 18.0 Å². The molecule has 0 aromatic heterocycles. The molecule has 0 saturated carbocycles. The Bertz CT molecular complexity index is 705. The zero-order valence-electron chi connectivity index (χ0n) is 14.6. The van der Waals surface area contributed by atoms with Gasteiger partial charge in [-0.25, -0.2) is 0 Å². The van der Waals surface area contributed by atoms with Crippen molar-refractivity contribution in [2.75, 3.05) is 19.6 Å². The van der Waals surface area contributed by atoms with Crippen molar-refractivity contribution in [1.82, 2.24) is 9.80 Å².